The van der Waals surface area contributed by atoms with E-state index in [4.69, 9.17) is 5.26 Å². The molecule has 1 unspecified atom stereocenters. The molecule has 0 aromatic carbocycles. The Morgan fingerprint density at radius 2 is 2.50 bits per heavy atom. The van der Waals surface area contributed by atoms with Crippen molar-refractivity contribution in [3.8, 4) is 6.07 Å². The minimum atomic E-state index is 0.448. The van der Waals surface area contributed by atoms with Gasteiger partial charge in [-0.2, -0.15) is 5.26 Å². The van der Waals surface area contributed by atoms with Crippen LogP contribution in [0.3, 0.4) is 0 Å². The second-order valence-corrected chi connectivity index (χ2v) is 4.22. The summed E-state index contributed by atoms with van der Waals surface area (Å²) in [4.78, 5) is 10.7. The minimum Gasteiger partial charge on any atom is -0.341 e. The molecule has 0 N–H and O–H groups in total. The van der Waals surface area contributed by atoms with Crippen LogP contribution in [0, 0.1) is 17.2 Å². The molecule has 1 aromatic rings. The second kappa shape index (κ2) is 4.93. The highest BCUT2D eigenvalue weighted by molar-refractivity contribution is 5.34. The molecule has 2 heterocycles. The normalized spacial score (nSPS) is 20.5. The van der Waals surface area contributed by atoms with Gasteiger partial charge in [0.1, 0.15) is 11.8 Å². The summed E-state index contributed by atoms with van der Waals surface area (Å²) in [5, 5.41) is 8.80. The molecule has 0 saturated carbocycles. The molecule has 4 heteroatoms. The predicted molar refractivity (Wildman–Crippen MR) is 62.0 cm³/mol. The van der Waals surface area contributed by atoms with E-state index in [1.54, 1.807) is 12.3 Å². The van der Waals surface area contributed by atoms with Gasteiger partial charge in [-0.05, 0) is 24.8 Å². The third-order valence-electron chi connectivity index (χ3n) is 3.14. The van der Waals surface area contributed by atoms with E-state index in [1.807, 2.05) is 0 Å². The van der Waals surface area contributed by atoms with E-state index < -0.39 is 0 Å². The number of nitrogens with zero attached hydrogens (tertiary/aromatic N) is 4. The van der Waals surface area contributed by atoms with Crippen LogP contribution in [-0.2, 0) is 0 Å². The molecule has 4 nitrogen and oxygen atoms in total. The third-order valence-corrected chi connectivity index (χ3v) is 3.14. The Balaban J connectivity index is 2.14. The van der Waals surface area contributed by atoms with Crippen LogP contribution in [0.25, 0.3) is 0 Å². The maximum atomic E-state index is 8.80. The highest BCUT2D eigenvalue weighted by Gasteiger charge is 2.20. The molecule has 0 amide bonds. The fourth-order valence-corrected chi connectivity index (χ4v) is 2.14. The molecular weight excluding hydrogens is 200 g/mol. The smallest absolute Gasteiger partial charge is 0.226 e. The quantitative estimate of drug-likeness (QED) is 0.758. The van der Waals surface area contributed by atoms with Gasteiger partial charge in [0, 0.05) is 19.3 Å². The van der Waals surface area contributed by atoms with Crippen LogP contribution in [-0.4, -0.2) is 23.1 Å². The average Bonchev–Trinajstić information content (AvgIpc) is 2.39. The first-order chi connectivity index (χ1) is 7.83. The van der Waals surface area contributed by atoms with Gasteiger partial charge in [-0.25, -0.2) is 9.97 Å². The summed E-state index contributed by atoms with van der Waals surface area (Å²) in [6, 6.07) is 3.70. The molecule has 84 valence electrons. The van der Waals surface area contributed by atoms with Gasteiger partial charge >= 0.3 is 0 Å². The van der Waals surface area contributed by atoms with Gasteiger partial charge in [0.15, 0.2) is 0 Å². The van der Waals surface area contributed by atoms with Crippen LogP contribution in [0.15, 0.2) is 12.3 Å². The highest BCUT2D eigenvalue weighted by atomic mass is 15.3. The van der Waals surface area contributed by atoms with E-state index in [-0.39, 0.29) is 0 Å². The van der Waals surface area contributed by atoms with Crippen LogP contribution in [0.2, 0.25) is 0 Å². The number of hydrogen-bond donors (Lipinski definition) is 0. The van der Waals surface area contributed by atoms with E-state index in [0.717, 1.165) is 19.0 Å². The van der Waals surface area contributed by atoms with E-state index in [9.17, 15) is 0 Å². The molecule has 0 aliphatic carbocycles. The Kier molecular flexibility index (Phi) is 3.35. The SMILES string of the molecule is CCC1CCCN(c2nccc(C#N)n2)C1. The van der Waals surface area contributed by atoms with Crippen molar-refractivity contribution in [3.05, 3.63) is 18.0 Å². The number of rotatable bonds is 2. The Hall–Kier alpha value is -1.63. The van der Waals surface area contributed by atoms with Crippen LogP contribution in [0.4, 0.5) is 5.95 Å². The van der Waals surface area contributed by atoms with Crippen molar-refractivity contribution in [3.63, 3.8) is 0 Å². The van der Waals surface area contributed by atoms with Crippen molar-refractivity contribution in [1.29, 1.82) is 5.26 Å². The highest BCUT2D eigenvalue weighted by Crippen LogP contribution is 2.22. The van der Waals surface area contributed by atoms with Gasteiger partial charge in [0.2, 0.25) is 5.95 Å². The number of aromatic nitrogens is 2. The zero-order valence-corrected chi connectivity index (χ0v) is 9.56. The average molecular weight is 216 g/mol. The minimum absolute atomic E-state index is 0.448. The molecule has 16 heavy (non-hydrogen) atoms. The molecule has 1 aliphatic rings. The monoisotopic (exact) mass is 216 g/mol. The lowest BCUT2D eigenvalue weighted by atomic mass is 9.96. The lowest BCUT2D eigenvalue weighted by Crippen LogP contribution is -2.36. The van der Waals surface area contributed by atoms with Crippen molar-refractivity contribution >= 4 is 5.95 Å². The molecule has 1 saturated heterocycles. The Labute approximate surface area is 95.9 Å². The van der Waals surface area contributed by atoms with Gasteiger partial charge in [0.05, 0.1) is 0 Å². The summed E-state index contributed by atoms with van der Waals surface area (Å²) in [7, 11) is 0. The summed E-state index contributed by atoms with van der Waals surface area (Å²) in [6.07, 6.45) is 5.36. The maximum Gasteiger partial charge on any atom is 0.226 e. The van der Waals surface area contributed by atoms with Crippen LogP contribution in [0.1, 0.15) is 31.9 Å². The Morgan fingerprint density at radius 1 is 1.62 bits per heavy atom. The molecule has 1 fully saturated rings. The molecule has 0 radical (unpaired) electrons. The summed E-state index contributed by atoms with van der Waals surface area (Å²) in [6.45, 7) is 4.25. The Bertz CT molecular complexity index is 396. The van der Waals surface area contributed by atoms with Crippen LogP contribution in [0.5, 0.6) is 0 Å². The van der Waals surface area contributed by atoms with E-state index in [1.165, 1.54) is 19.3 Å². The standard InChI is InChI=1S/C12H16N4/c1-2-10-4-3-7-16(9-10)12-14-6-5-11(8-13)15-12/h5-6,10H,2-4,7,9H2,1H3. The Morgan fingerprint density at radius 3 is 3.25 bits per heavy atom. The van der Waals surface area contributed by atoms with Gasteiger partial charge in [-0.3, -0.25) is 0 Å². The van der Waals surface area contributed by atoms with Crippen LogP contribution >= 0.6 is 0 Å². The first-order valence-corrected chi connectivity index (χ1v) is 5.81. The molecule has 2 rings (SSSR count). The third kappa shape index (κ3) is 2.30. The fraction of sp³-hybridized carbons (Fsp3) is 0.583. The number of nitriles is 1. The largest absolute Gasteiger partial charge is 0.341 e. The molecule has 1 atom stereocenters. The number of anilines is 1. The van der Waals surface area contributed by atoms with Crippen LogP contribution < -0.4 is 4.90 Å². The summed E-state index contributed by atoms with van der Waals surface area (Å²) in [5.41, 5.74) is 0.448. The lowest BCUT2D eigenvalue weighted by molar-refractivity contribution is 0.401. The van der Waals surface area contributed by atoms with Crippen molar-refractivity contribution in [2.24, 2.45) is 5.92 Å². The van der Waals surface area contributed by atoms with Crippen molar-refractivity contribution < 1.29 is 0 Å². The summed E-state index contributed by atoms with van der Waals surface area (Å²) >= 11 is 0. The zero-order chi connectivity index (χ0) is 11.4. The van der Waals surface area contributed by atoms with Crippen molar-refractivity contribution in [2.45, 2.75) is 26.2 Å². The number of piperidine rings is 1. The van der Waals surface area contributed by atoms with Crippen molar-refractivity contribution in [1.82, 2.24) is 9.97 Å². The topological polar surface area (TPSA) is 52.8 Å². The molecule has 1 aromatic heterocycles. The van der Waals surface area contributed by atoms with E-state index in [0.29, 0.717) is 11.6 Å². The second-order valence-electron chi connectivity index (χ2n) is 4.22. The first-order valence-electron chi connectivity index (χ1n) is 5.81. The van der Waals surface area contributed by atoms with E-state index in [2.05, 4.69) is 27.9 Å². The fourth-order valence-electron chi connectivity index (χ4n) is 2.14. The van der Waals surface area contributed by atoms with Crippen molar-refractivity contribution in [2.75, 3.05) is 18.0 Å². The lowest BCUT2D eigenvalue weighted by Gasteiger charge is -2.32. The van der Waals surface area contributed by atoms with Gasteiger partial charge < -0.3 is 4.90 Å². The van der Waals surface area contributed by atoms with Gasteiger partial charge in [0.25, 0.3) is 0 Å². The van der Waals surface area contributed by atoms with Gasteiger partial charge in [-0.15, -0.1) is 0 Å². The molecule has 1 aliphatic heterocycles. The maximum absolute atomic E-state index is 8.80. The van der Waals surface area contributed by atoms with E-state index >= 15 is 0 Å². The number of hydrogen-bond acceptors (Lipinski definition) is 4. The summed E-state index contributed by atoms with van der Waals surface area (Å²) in [5.74, 6) is 1.44. The zero-order valence-electron chi connectivity index (χ0n) is 9.56. The summed E-state index contributed by atoms with van der Waals surface area (Å²) < 4.78 is 0. The first kappa shape index (κ1) is 10.9. The predicted octanol–water partition coefficient (Wildman–Crippen LogP) is 1.97. The van der Waals surface area contributed by atoms with Gasteiger partial charge in [-0.1, -0.05) is 13.3 Å². The molecule has 0 spiro atoms. The molecular formula is C12H16N4. The molecule has 0 bridgehead atoms.